The Kier molecular flexibility index (Phi) is 13.6. The van der Waals surface area contributed by atoms with E-state index in [2.05, 4.69) is 6.92 Å². The highest BCUT2D eigenvalue weighted by molar-refractivity contribution is 5.88. The van der Waals surface area contributed by atoms with Crippen molar-refractivity contribution in [3.63, 3.8) is 0 Å². The van der Waals surface area contributed by atoms with E-state index >= 15 is 0 Å². The van der Waals surface area contributed by atoms with Crippen LogP contribution in [0, 0.1) is 5.92 Å². The molecule has 0 bridgehead atoms. The minimum Gasteiger partial charge on any atom is -0.481 e. The Labute approximate surface area is 177 Å². The Morgan fingerprint density at radius 2 is 1.28 bits per heavy atom. The number of rotatable bonds is 17. The first-order valence-electron chi connectivity index (χ1n) is 11.4. The Bertz CT molecular complexity index is 503. The highest BCUT2D eigenvalue weighted by Crippen LogP contribution is 2.34. The van der Waals surface area contributed by atoms with Crippen molar-refractivity contribution in [2.45, 2.75) is 123 Å². The molecule has 0 aromatic carbocycles. The van der Waals surface area contributed by atoms with E-state index in [9.17, 15) is 19.5 Å². The van der Waals surface area contributed by atoms with E-state index in [4.69, 9.17) is 5.11 Å². The van der Waals surface area contributed by atoms with Crippen molar-refractivity contribution >= 4 is 17.8 Å². The van der Waals surface area contributed by atoms with Gasteiger partial charge in [0.1, 0.15) is 5.54 Å². The van der Waals surface area contributed by atoms with Gasteiger partial charge in [-0.3, -0.25) is 9.59 Å². The summed E-state index contributed by atoms with van der Waals surface area (Å²) in [7, 11) is 0. The van der Waals surface area contributed by atoms with Crippen LogP contribution in [0.15, 0.2) is 0 Å². The molecule has 1 amide bonds. The van der Waals surface area contributed by atoms with Gasteiger partial charge in [0.15, 0.2) is 0 Å². The third-order valence-electron chi connectivity index (χ3n) is 5.75. The van der Waals surface area contributed by atoms with Gasteiger partial charge in [-0.05, 0) is 32.6 Å². The average Bonchev–Trinajstić information content (AvgIpc) is 2.62. The van der Waals surface area contributed by atoms with E-state index in [1.165, 1.54) is 43.4 Å². The second-order valence-corrected chi connectivity index (χ2v) is 8.71. The van der Waals surface area contributed by atoms with Gasteiger partial charge in [-0.25, -0.2) is 4.79 Å². The maximum Gasteiger partial charge on any atom is 0.329 e. The van der Waals surface area contributed by atoms with Gasteiger partial charge in [0, 0.05) is 18.9 Å². The van der Waals surface area contributed by atoms with Crippen molar-refractivity contribution in [3.05, 3.63) is 0 Å². The summed E-state index contributed by atoms with van der Waals surface area (Å²) >= 11 is 0. The summed E-state index contributed by atoms with van der Waals surface area (Å²) in [6.07, 6.45) is 10.2. The van der Waals surface area contributed by atoms with Gasteiger partial charge < -0.3 is 15.1 Å². The molecule has 0 saturated heterocycles. The number of aliphatic carboxylic acids is 2. The van der Waals surface area contributed by atoms with Crippen LogP contribution < -0.4 is 0 Å². The fraction of sp³-hybridized carbons (Fsp3) is 0.870. The zero-order valence-electron chi connectivity index (χ0n) is 19.2. The van der Waals surface area contributed by atoms with Crippen molar-refractivity contribution in [1.29, 1.82) is 0 Å². The number of hydrogen-bond donors (Lipinski definition) is 2. The smallest absolute Gasteiger partial charge is 0.329 e. The van der Waals surface area contributed by atoms with Crippen LogP contribution in [0.25, 0.3) is 0 Å². The molecule has 6 nitrogen and oxygen atoms in total. The van der Waals surface area contributed by atoms with E-state index in [0.717, 1.165) is 19.3 Å². The summed E-state index contributed by atoms with van der Waals surface area (Å²) in [5.41, 5.74) is -1.50. The largest absolute Gasteiger partial charge is 0.481 e. The average molecular weight is 414 g/mol. The van der Waals surface area contributed by atoms with Crippen LogP contribution in [-0.4, -0.2) is 44.5 Å². The number of unbranched alkanes of at least 4 members (excludes halogenated alkanes) is 8. The third-order valence-corrected chi connectivity index (χ3v) is 5.75. The molecule has 0 heterocycles. The van der Waals surface area contributed by atoms with Gasteiger partial charge in [0.05, 0.1) is 0 Å². The Hall–Kier alpha value is -1.59. The summed E-state index contributed by atoms with van der Waals surface area (Å²) in [6, 6.07) is -0.312. The monoisotopic (exact) mass is 413 g/mol. The van der Waals surface area contributed by atoms with Gasteiger partial charge in [0.2, 0.25) is 5.91 Å². The lowest BCUT2D eigenvalue weighted by molar-refractivity contribution is -0.167. The second-order valence-electron chi connectivity index (χ2n) is 8.71. The summed E-state index contributed by atoms with van der Waals surface area (Å²) < 4.78 is 0. The van der Waals surface area contributed by atoms with Crippen LogP contribution in [0.4, 0.5) is 0 Å². The molecule has 0 radical (unpaired) electrons. The van der Waals surface area contributed by atoms with Gasteiger partial charge in [-0.2, -0.15) is 0 Å². The topological polar surface area (TPSA) is 94.9 Å². The number of carboxylic acid groups (broad SMARTS) is 2. The summed E-state index contributed by atoms with van der Waals surface area (Å²) in [5, 5.41) is 19.1. The van der Waals surface area contributed by atoms with Crippen LogP contribution in [0.3, 0.4) is 0 Å². The van der Waals surface area contributed by atoms with Crippen LogP contribution >= 0.6 is 0 Å². The molecule has 0 saturated carbocycles. The first-order chi connectivity index (χ1) is 13.6. The molecular formula is C23H43NO5. The molecule has 0 aliphatic heterocycles. The van der Waals surface area contributed by atoms with Crippen molar-refractivity contribution < 1.29 is 24.6 Å². The SMILES string of the molecule is CCCCCCCCCCCC(=O)N(C(C)C)[C@@](CCC(=O)O)(C(=O)O)C(C)C. The predicted molar refractivity (Wildman–Crippen MR) is 116 cm³/mol. The molecular weight excluding hydrogens is 370 g/mol. The fourth-order valence-corrected chi connectivity index (χ4v) is 4.12. The molecule has 0 unspecified atom stereocenters. The lowest BCUT2D eigenvalue weighted by atomic mass is 9.79. The first kappa shape index (κ1) is 27.4. The number of carbonyl (C=O) groups is 3. The molecule has 29 heavy (non-hydrogen) atoms. The molecule has 0 aliphatic carbocycles. The maximum atomic E-state index is 13.0. The minimum absolute atomic E-state index is 0.0863. The molecule has 0 aliphatic rings. The number of carbonyl (C=O) groups excluding carboxylic acids is 1. The molecule has 170 valence electrons. The Morgan fingerprint density at radius 3 is 1.66 bits per heavy atom. The van der Waals surface area contributed by atoms with E-state index < -0.39 is 23.4 Å². The number of nitrogens with zero attached hydrogens (tertiary/aromatic N) is 1. The Morgan fingerprint density at radius 1 is 0.793 bits per heavy atom. The van der Waals surface area contributed by atoms with Crippen LogP contribution in [0.2, 0.25) is 0 Å². The standard InChI is InChI=1S/C23H43NO5/c1-6-7-8-9-10-11-12-13-14-15-20(25)24(19(4)5)23(18(2)3,22(28)29)17-16-21(26)27/h18-19H,6-17H2,1-5H3,(H,26,27)(H,28,29)/t23-/m1/s1. The zero-order chi connectivity index (χ0) is 22.4. The first-order valence-corrected chi connectivity index (χ1v) is 11.4. The molecule has 0 rings (SSSR count). The predicted octanol–water partition coefficient (Wildman–Crippen LogP) is 5.49. The summed E-state index contributed by atoms with van der Waals surface area (Å²) in [4.78, 5) is 37.8. The van der Waals surface area contributed by atoms with E-state index in [1.807, 2.05) is 0 Å². The summed E-state index contributed by atoms with van der Waals surface area (Å²) in [5.74, 6) is -2.76. The van der Waals surface area contributed by atoms with E-state index in [-0.39, 0.29) is 24.8 Å². The molecule has 0 fully saturated rings. The highest BCUT2D eigenvalue weighted by Gasteiger charge is 2.50. The van der Waals surface area contributed by atoms with Crippen LogP contribution in [0.5, 0.6) is 0 Å². The van der Waals surface area contributed by atoms with Crippen molar-refractivity contribution in [2.75, 3.05) is 0 Å². The van der Waals surface area contributed by atoms with Crippen molar-refractivity contribution in [1.82, 2.24) is 4.90 Å². The zero-order valence-corrected chi connectivity index (χ0v) is 19.2. The molecule has 2 N–H and O–H groups in total. The quantitative estimate of drug-likeness (QED) is 0.307. The van der Waals surface area contributed by atoms with Crippen LogP contribution in [0.1, 0.15) is 112 Å². The minimum atomic E-state index is -1.50. The number of hydrogen-bond acceptors (Lipinski definition) is 3. The van der Waals surface area contributed by atoms with Crippen molar-refractivity contribution in [3.8, 4) is 0 Å². The normalized spacial score (nSPS) is 13.5. The maximum absolute atomic E-state index is 13.0. The third kappa shape index (κ3) is 9.18. The second kappa shape index (κ2) is 14.4. The number of carboxylic acids is 2. The summed E-state index contributed by atoms with van der Waals surface area (Å²) in [6.45, 7) is 9.30. The van der Waals surface area contributed by atoms with Crippen molar-refractivity contribution in [2.24, 2.45) is 5.92 Å². The van der Waals surface area contributed by atoms with Gasteiger partial charge in [-0.15, -0.1) is 0 Å². The molecule has 0 aromatic rings. The van der Waals surface area contributed by atoms with Gasteiger partial charge in [0.25, 0.3) is 0 Å². The van der Waals surface area contributed by atoms with E-state index in [0.29, 0.717) is 6.42 Å². The molecule has 0 aromatic heterocycles. The Balaban J connectivity index is 4.90. The van der Waals surface area contributed by atoms with Crippen LogP contribution in [-0.2, 0) is 14.4 Å². The molecule has 6 heteroatoms. The molecule has 0 spiro atoms. The van der Waals surface area contributed by atoms with Gasteiger partial charge >= 0.3 is 11.9 Å². The van der Waals surface area contributed by atoms with Gasteiger partial charge in [-0.1, -0.05) is 72.1 Å². The van der Waals surface area contributed by atoms with E-state index in [1.54, 1.807) is 27.7 Å². The lowest BCUT2D eigenvalue weighted by Gasteiger charge is -2.46. The fourth-order valence-electron chi connectivity index (χ4n) is 4.12. The number of amides is 1. The lowest BCUT2D eigenvalue weighted by Crippen LogP contribution is -2.62. The highest BCUT2D eigenvalue weighted by atomic mass is 16.4. The molecule has 1 atom stereocenters.